The fourth-order valence-electron chi connectivity index (χ4n) is 1.50. The van der Waals surface area contributed by atoms with Crippen molar-refractivity contribution in [3.8, 4) is 11.6 Å². The number of nitrogens with zero attached hydrogens (tertiary/aromatic N) is 3. The van der Waals surface area contributed by atoms with E-state index in [4.69, 9.17) is 10.6 Å². The lowest BCUT2D eigenvalue weighted by molar-refractivity contribution is -0.385. The molecule has 1 heterocycles. The lowest BCUT2D eigenvalue weighted by atomic mass is 10.2. The molecular weight excluding hydrogens is 269 g/mol. The van der Waals surface area contributed by atoms with Gasteiger partial charge in [-0.25, -0.2) is 10.2 Å². The maximum atomic E-state index is 13.7. The van der Waals surface area contributed by atoms with Crippen LogP contribution in [0.4, 0.5) is 15.9 Å². The predicted molar refractivity (Wildman–Crippen MR) is 67.7 cm³/mol. The third-order valence-corrected chi connectivity index (χ3v) is 2.42. The first-order chi connectivity index (χ1) is 9.51. The maximum absolute atomic E-state index is 13.7. The standard InChI is InChI=1S/C11H10FN5O3/c1-6-2-9(7(12)3-8(6)17(18)19)20-11-5-14-4-10(15-11)16-13/h2-5H,13H2,1H3,(H,15,16). The second kappa shape index (κ2) is 5.45. The normalized spacial score (nSPS) is 10.2. The summed E-state index contributed by atoms with van der Waals surface area (Å²) in [5.74, 6) is 4.36. The van der Waals surface area contributed by atoms with Crippen LogP contribution in [0.2, 0.25) is 0 Å². The lowest BCUT2D eigenvalue weighted by Gasteiger charge is -2.07. The van der Waals surface area contributed by atoms with Gasteiger partial charge in [-0.15, -0.1) is 0 Å². The van der Waals surface area contributed by atoms with Gasteiger partial charge in [-0.1, -0.05) is 0 Å². The monoisotopic (exact) mass is 279 g/mol. The van der Waals surface area contributed by atoms with E-state index in [1.54, 1.807) is 0 Å². The minimum atomic E-state index is -0.866. The number of halogens is 1. The van der Waals surface area contributed by atoms with Gasteiger partial charge < -0.3 is 10.2 Å². The van der Waals surface area contributed by atoms with Crippen LogP contribution in [0.25, 0.3) is 0 Å². The summed E-state index contributed by atoms with van der Waals surface area (Å²) < 4.78 is 18.9. The Morgan fingerprint density at radius 1 is 1.45 bits per heavy atom. The topological polar surface area (TPSA) is 116 Å². The molecule has 0 unspecified atom stereocenters. The summed E-state index contributed by atoms with van der Waals surface area (Å²) in [5, 5.41) is 10.7. The van der Waals surface area contributed by atoms with Crippen molar-refractivity contribution in [1.29, 1.82) is 0 Å². The average Bonchev–Trinajstić information content (AvgIpc) is 2.42. The Bertz CT molecular complexity index is 665. The molecule has 0 saturated carbocycles. The van der Waals surface area contributed by atoms with Crippen molar-refractivity contribution in [1.82, 2.24) is 9.97 Å². The molecule has 0 aliphatic rings. The zero-order valence-corrected chi connectivity index (χ0v) is 10.3. The Kier molecular flexibility index (Phi) is 3.71. The fraction of sp³-hybridized carbons (Fsp3) is 0.0909. The van der Waals surface area contributed by atoms with Crippen molar-refractivity contribution < 1.29 is 14.1 Å². The molecule has 104 valence electrons. The number of anilines is 1. The first-order valence-electron chi connectivity index (χ1n) is 5.42. The summed E-state index contributed by atoms with van der Waals surface area (Å²) in [4.78, 5) is 17.7. The number of hydrogen-bond donors (Lipinski definition) is 2. The van der Waals surface area contributed by atoms with Gasteiger partial charge in [0.05, 0.1) is 23.4 Å². The predicted octanol–water partition coefficient (Wildman–Crippen LogP) is 1.91. The van der Waals surface area contributed by atoms with Crippen LogP contribution in [-0.4, -0.2) is 14.9 Å². The Morgan fingerprint density at radius 3 is 2.85 bits per heavy atom. The quantitative estimate of drug-likeness (QED) is 0.498. The van der Waals surface area contributed by atoms with Crippen molar-refractivity contribution in [2.24, 2.45) is 5.84 Å². The number of hydrogen-bond acceptors (Lipinski definition) is 7. The number of nitro groups is 1. The van der Waals surface area contributed by atoms with Gasteiger partial charge >= 0.3 is 0 Å². The van der Waals surface area contributed by atoms with Gasteiger partial charge in [0.15, 0.2) is 17.4 Å². The van der Waals surface area contributed by atoms with Crippen LogP contribution in [0, 0.1) is 22.9 Å². The van der Waals surface area contributed by atoms with Gasteiger partial charge in [0, 0.05) is 5.56 Å². The summed E-state index contributed by atoms with van der Waals surface area (Å²) >= 11 is 0. The molecule has 1 aromatic carbocycles. The summed E-state index contributed by atoms with van der Waals surface area (Å²) in [7, 11) is 0. The number of nitrogen functional groups attached to an aromatic ring is 1. The summed E-state index contributed by atoms with van der Waals surface area (Å²) in [6, 6.07) is 2.01. The molecule has 9 heteroatoms. The molecule has 0 amide bonds. The molecule has 0 radical (unpaired) electrons. The largest absolute Gasteiger partial charge is 0.434 e. The van der Waals surface area contributed by atoms with Crippen LogP contribution in [-0.2, 0) is 0 Å². The van der Waals surface area contributed by atoms with E-state index in [0.717, 1.165) is 6.07 Å². The SMILES string of the molecule is Cc1cc(Oc2cncc(NN)n2)c(F)cc1[N+](=O)[O-]. The third kappa shape index (κ3) is 2.78. The Labute approximate surface area is 112 Å². The molecule has 3 N–H and O–H groups in total. The minimum absolute atomic E-state index is 0.00704. The molecule has 1 aromatic heterocycles. The number of hydrazine groups is 1. The van der Waals surface area contributed by atoms with Gasteiger partial charge in [-0.2, -0.15) is 4.98 Å². The molecule has 0 saturated heterocycles. The van der Waals surface area contributed by atoms with Gasteiger partial charge in [0.25, 0.3) is 5.69 Å². The number of nitro benzene ring substituents is 1. The van der Waals surface area contributed by atoms with Crippen LogP contribution in [0.3, 0.4) is 0 Å². The molecule has 0 aliphatic heterocycles. The smallest absolute Gasteiger partial charge is 0.275 e. The van der Waals surface area contributed by atoms with Gasteiger partial charge in [0.1, 0.15) is 0 Å². The van der Waals surface area contributed by atoms with Crippen LogP contribution in [0.1, 0.15) is 5.56 Å². The van der Waals surface area contributed by atoms with Crippen molar-refractivity contribution in [3.05, 3.63) is 46.0 Å². The average molecular weight is 279 g/mol. The number of rotatable bonds is 4. The molecule has 2 rings (SSSR count). The molecule has 0 atom stereocenters. The van der Waals surface area contributed by atoms with Crippen LogP contribution in [0.15, 0.2) is 24.5 Å². The van der Waals surface area contributed by atoms with Crippen LogP contribution < -0.4 is 16.0 Å². The number of nitrogens with one attached hydrogen (secondary N) is 1. The summed E-state index contributed by atoms with van der Waals surface area (Å²) in [5.41, 5.74) is 2.22. The van der Waals surface area contributed by atoms with Crippen molar-refractivity contribution in [3.63, 3.8) is 0 Å². The number of aryl methyl sites for hydroxylation is 1. The van der Waals surface area contributed by atoms with Crippen LogP contribution >= 0.6 is 0 Å². The number of ether oxygens (including phenoxy) is 1. The van der Waals surface area contributed by atoms with E-state index >= 15 is 0 Å². The van der Waals surface area contributed by atoms with E-state index in [1.165, 1.54) is 25.4 Å². The van der Waals surface area contributed by atoms with E-state index in [9.17, 15) is 14.5 Å². The number of benzene rings is 1. The fourth-order valence-corrected chi connectivity index (χ4v) is 1.50. The molecule has 0 bridgehead atoms. The third-order valence-electron chi connectivity index (χ3n) is 2.42. The van der Waals surface area contributed by atoms with Crippen molar-refractivity contribution in [2.45, 2.75) is 6.92 Å². The number of nitrogens with two attached hydrogens (primary N) is 1. The van der Waals surface area contributed by atoms with Crippen molar-refractivity contribution >= 4 is 11.5 Å². The van der Waals surface area contributed by atoms with Crippen LogP contribution in [0.5, 0.6) is 11.6 Å². The maximum Gasteiger partial charge on any atom is 0.275 e. The summed E-state index contributed by atoms with van der Waals surface area (Å²) in [6.07, 6.45) is 2.61. The minimum Gasteiger partial charge on any atom is -0.434 e. The van der Waals surface area contributed by atoms with Gasteiger partial charge in [0.2, 0.25) is 5.88 Å². The number of aromatic nitrogens is 2. The first kappa shape index (κ1) is 13.6. The zero-order chi connectivity index (χ0) is 14.7. The highest BCUT2D eigenvalue weighted by atomic mass is 19.1. The molecule has 2 aromatic rings. The van der Waals surface area contributed by atoms with Gasteiger partial charge in [-0.05, 0) is 13.0 Å². The molecular formula is C11H10FN5O3. The van der Waals surface area contributed by atoms with E-state index in [2.05, 4.69) is 15.4 Å². The Morgan fingerprint density at radius 2 is 2.20 bits per heavy atom. The Hall–Kier alpha value is -2.81. The van der Waals surface area contributed by atoms with E-state index in [-0.39, 0.29) is 28.7 Å². The molecule has 8 nitrogen and oxygen atoms in total. The Balaban J connectivity index is 2.34. The lowest BCUT2D eigenvalue weighted by Crippen LogP contribution is -2.09. The zero-order valence-electron chi connectivity index (χ0n) is 10.3. The van der Waals surface area contributed by atoms with E-state index in [0.29, 0.717) is 0 Å². The van der Waals surface area contributed by atoms with Gasteiger partial charge in [-0.3, -0.25) is 15.1 Å². The second-order valence-electron chi connectivity index (χ2n) is 3.82. The van der Waals surface area contributed by atoms with Crippen molar-refractivity contribution in [2.75, 3.05) is 5.43 Å². The summed E-state index contributed by atoms with van der Waals surface area (Å²) in [6.45, 7) is 1.48. The second-order valence-corrected chi connectivity index (χ2v) is 3.82. The molecule has 0 spiro atoms. The highest BCUT2D eigenvalue weighted by Gasteiger charge is 2.17. The molecule has 0 aliphatic carbocycles. The van der Waals surface area contributed by atoms with E-state index < -0.39 is 10.7 Å². The molecule has 0 fully saturated rings. The highest BCUT2D eigenvalue weighted by Crippen LogP contribution is 2.29. The molecule has 20 heavy (non-hydrogen) atoms. The van der Waals surface area contributed by atoms with E-state index in [1.807, 2.05) is 0 Å². The highest BCUT2D eigenvalue weighted by molar-refractivity contribution is 5.46. The first-order valence-corrected chi connectivity index (χ1v) is 5.42.